The van der Waals surface area contributed by atoms with Crippen molar-refractivity contribution in [1.82, 2.24) is 4.72 Å². The predicted molar refractivity (Wildman–Crippen MR) is 104 cm³/mol. The van der Waals surface area contributed by atoms with Gasteiger partial charge >= 0.3 is 0 Å². The highest BCUT2D eigenvalue weighted by Crippen LogP contribution is 2.30. The van der Waals surface area contributed by atoms with Gasteiger partial charge < -0.3 is 14.8 Å². The lowest BCUT2D eigenvalue weighted by Gasteiger charge is -2.17. The van der Waals surface area contributed by atoms with Gasteiger partial charge in [-0.15, -0.1) is 0 Å². The van der Waals surface area contributed by atoms with Gasteiger partial charge in [0.05, 0.1) is 36.0 Å². The fourth-order valence-corrected chi connectivity index (χ4v) is 4.57. The topological polar surface area (TPSA) is 93.7 Å². The van der Waals surface area contributed by atoms with Gasteiger partial charge in [0.25, 0.3) is 0 Å². The van der Waals surface area contributed by atoms with Crippen LogP contribution >= 0.6 is 23.2 Å². The van der Waals surface area contributed by atoms with Gasteiger partial charge in [0.1, 0.15) is 16.4 Å². The van der Waals surface area contributed by atoms with Gasteiger partial charge in [-0.05, 0) is 31.2 Å². The van der Waals surface area contributed by atoms with E-state index in [1.807, 2.05) is 0 Å². The number of hydrogen-bond donors (Lipinski definition) is 2. The van der Waals surface area contributed by atoms with Crippen LogP contribution in [-0.2, 0) is 14.8 Å². The maximum absolute atomic E-state index is 12.5. The summed E-state index contributed by atoms with van der Waals surface area (Å²) in [5.74, 6) is 0.323. The van der Waals surface area contributed by atoms with Gasteiger partial charge in [0, 0.05) is 6.07 Å². The second-order valence-electron chi connectivity index (χ2n) is 5.45. The monoisotopic (exact) mass is 432 g/mol. The number of ether oxygens (including phenoxy) is 2. The van der Waals surface area contributed by atoms with Gasteiger partial charge in [0.2, 0.25) is 15.9 Å². The normalized spacial score (nSPS) is 12.3. The van der Waals surface area contributed by atoms with Crippen molar-refractivity contribution >= 4 is 44.8 Å². The van der Waals surface area contributed by atoms with E-state index in [0.29, 0.717) is 17.2 Å². The maximum Gasteiger partial charge on any atom is 0.244 e. The van der Waals surface area contributed by atoms with Crippen LogP contribution in [0.3, 0.4) is 0 Å². The molecule has 0 bridgehead atoms. The molecule has 1 amide bonds. The molecule has 2 N–H and O–H groups in total. The highest BCUT2D eigenvalue weighted by Gasteiger charge is 2.26. The first-order valence-corrected chi connectivity index (χ1v) is 9.92. The van der Waals surface area contributed by atoms with Gasteiger partial charge in [-0.1, -0.05) is 29.3 Å². The molecule has 0 aliphatic heterocycles. The summed E-state index contributed by atoms with van der Waals surface area (Å²) in [6.45, 7) is 1.40. The summed E-state index contributed by atoms with van der Waals surface area (Å²) in [6, 6.07) is 8.03. The molecule has 0 aliphatic rings. The van der Waals surface area contributed by atoms with Gasteiger partial charge in [-0.25, -0.2) is 8.42 Å². The van der Waals surface area contributed by atoms with Crippen LogP contribution in [-0.4, -0.2) is 34.6 Å². The fraction of sp³-hybridized carbons (Fsp3) is 0.235. The number of sulfonamides is 1. The molecule has 27 heavy (non-hydrogen) atoms. The summed E-state index contributed by atoms with van der Waals surface area (Å²) in [5, 5.41) is 2.52. The first-order valence-electron chi connectivity index (χ1n) is 7.69. The molecular weight excluding hydrogens is 415 g/mol. The molecule has 7 nitrogen and oxygen atoms in total. The Morgan fingerprint density at radius 2 is 1.70 bits per heavy atom. The third kappa shape index (κ3) is 5.04. The van der Waals surface area contributed by atoms with Crippen molar-refractivity contribution in [2.45, 2.75) is 17.9 Å². The van der Waals surface area contributed by atoms with Crippen LogP contribution in [0.5, 0.6) is 11.5 Å². The van der Waals surface area contributed by atoms with Crippen molar-refractivity contribution < 1.29 is 22.7 Å². The Kier molecular flexibility index (Phi) is 6.94. The third-order valence-corrected chi connectivity index (χ3v) is 6.07. The minimum Gasteiger partial charge on any atom is -0.497 e. The number of halogens is 2. The van der Waals surface area contributed by atoms with Crippen molar-refractivity contribution in [2.75, 3.05) is 19.5 Å². The van der Waals surface area contributed by atoms with Crippen LogP contribution in [0.4, 0.5) is 5.69 Å². The summed E-state index contributed by atoms with van der Waals surface area (Å²) in [7, 11) is -1.17. The van der Waals surface area contributed by atoms with Gasteiger partial charge in [0.15, 0.2) is 0 Å². The molecule has 10 heteroatoms. The lowest BCUT2D eigenvalue weighted by molar-refractivity contribution is -0.117. The Morgan fingerprint density at radius 1 is 1.07 bits per heavy atom. The van der Waals surface area contributed by atoms with Crippen molar-refractivity contribution in [3.8, 4) is 11.5 Å². The van der Waals surface area contributed by atoms with E-state index in [9.17, 15) is 13.2 Å². The number of rotatable bonds is 7. The van der Waals surface area contributed by atoms with Crippen LogP contribution in [0, 0.1) is 0 Å². The van der Waals surface area contributed by atoms with E-state index in [-0.39, 0.29) is 14.9 Å². The lowest BCUT2D eigenvalue weighted by Crippen LogP contribution is -2.41. The number of amides is 1. The SMILES string of the molecule is COc1ccc(NC(=O)C(C)NS(=O)(=O)c2c(Cl)cccc2Cl)c(OC)c1. The Bertz CT molecular complexity index is 930. The Hall–Kier alpha value is -2.00. The third-order valence-electron chi connectivity index (χ3n) is 3.58. The highest BCUT2D eigenvalue weighted by atomic mass is 35.5. The van der Waals surface area contributed by atoms with Crippen LogP contribution < -0.4 is 19.5 Å². The van der Waals surface area contributed by atoms with Gasteiger partial charge in [-0.3, -0.25) is 4.79 Å². The van der Waals surface area contributed by atoms with Crippen molar-refractivity contribution in [3.63, 3.8) is 0 Å². The largest absolute Gasteiger partial charge is 0.497 e. The number of benzene rings is 2. The molecule has 0 spiro atoms. The maximum atomic E-state index is 12.5. The smallest absolute Gasteiger partial charge is 0.244 e. The Morgan fingerprint density at radius 3 is 2.26 bits per heavy atom. The van der Waals surface area contributed by atoms with Crippen molar-refractivity contribution in [1.29, 1.82) is 0 Å². The average Bonchev–Trinajstić information content (AvgIpc) is 2.61. The number of anilines is 1. The lowest BCUT2D eigenvalue weighted by atomic mass is 10.2. The van der Waals surface area contributed by atoms with E-state index in [4.69, 9.17) is 32.7 Å². The molecule has 0 aromatic heterocycles. The fourth-order valence-electron chi connectivity index (χ4n) is 2.23. The molecule has 146 valence electrons. The molecule has 2 aromatic carbocycles. The molecular formula is C17H18Cl2N2O5S. The molecule has 0 saturated carbocycles. The number of hydrogen-bond acceptors (Lipinski definition) is 5. The molecule has 0 heterocycles. The first-order chi connectivity index (χ1) is 12.7. The minimum absolute atomic E-state index is 0.0422. The van der Waals surface area contributed by atoms with E-state index in [1.54, 1.807) is 18.2 Å². The zero-order valence-corrected chi connectivity index (χ0v) is 17.1. The molecule has 0 saturated heterocycles. The number of methoxy groups -OCH3 is 2. The summed E-state index contributed by atoms with van der Waals surface area (Å²) >= 11 is 11.9. The predicted octanol–water partition coefficient (Wildman–Crippen LogP) is 3.32. The quantitative estimate of drug-likeness (QED) is 0.699. The van der Waals surface area contributed by atoms with Crippen LogP contribution in [0.25, 0.3) is 0 Å². The second kappa shape index (κ2) is 8.79. The molecule has 2 aromatic rings. The number of nitrogens with one attached hydrogen (secondary N) is 2. The van der Waals surface area contributed by atoms with E-state index < -0.39 is 22.0 Å². The summed E-state index contributed by atoms with van der Waals surface area (Å²) in [6.07, 6.45) is 0. The molecule has 0 aliphatic carbocycles. The number of carbonyl (C=O) groups is 1. The molecule has 1 atom stereocenters. The van der Waals surface area contributed by atoms with Crippen LogP contribution in [0.2, 0.25) is 10.0 Å². The van der Waals surface area contributed by atoms with E-state index in [1.165, 1.54) is 39.3 Å². The first kappa shape index (κ1) is 21.3. The van der Waals surface area contributed by atoms with E-state index in [0.717, 1.165) is 0 Å². The average molecular weight is 433 g/mol. The van der Waals surface area contributed by atoms with Crippen LogP contribution in [0.1, 0.15) is 6.92 Å². The van der Waals surface area contributed by atoms with Crippen LogP contribution in [0.15, 0.2) is 41.3 Å². The zero-order chi connectivity index (χ0) is 20.2. The Labute approximate surface area is 167 Å². The summed E-state index contributed by atoms with van der Waals surface area (Å²) < 4.78 is 37.6. The highest BCUT2D eigenvalue weighted by molar-refractivity contribution is 7.89. The standard InChI is InChI=1S/C17H18Cl2N2O5S/c1-10(21-27(23,24)16-12(18)5-4-6-13(16)19)17(22)20-14-8-7-11(25-2)9-15(14)26-3/h4-10,21H,1-3H3,(H,20,22). The van der Waals surface area contributed by atoms with E-state index in [2.05, 4.69) is 10.0 Å². The molecule has 2 rings (SSSR count). The Balaban J connectivity index is 2.19. The zero-order valence-electron chi connectivity index (χ0n) is 14.7. The molecule has 0 radical (unpaired) electrons. The molecule has 1 unspecified atom stereocenters. The summed E-state index contributed by atoms with van der Waals surface area (Å²) in [4.78, 5) is 12.1. The second-order valence-corrected chi connectivity index (χ2v) is 7.91. The van der Waals surface area contributed by atoms with Crippen molar-refractivity contribution in [3.05, 3.63) is 46.4 Å². The van der Waals surface area contributed by atoms with Crippen molar-refractivity contribution in [2.24, 2.45) is 0 Å². The summed E-state index contributed by atoms with van der Waals surface area (Å²) in [5.41, 5.74) is 0.366. The molecule has 0 fully saturated rings. The van der Waals surface area contributed by atoms with E-state index >= 15 is 0 Å². The minimum atomic E-state index is -4.11. The van der Waals surface area contributed by atoms with Gasteiger partial charge in [-0.2, -0.15) is 4.72 Å². The number of carbonyl (C=O) groups excluding carboxylic acids is 1.